The zero-order valence-electron chi connectivity index (χ0n) is 15.2. The van der Waals surface area contributed by atoms with Crippen molar-refractivity contribution in [3.63, 3.8) is 0 Å². The molecular formula is C19H24N2O4S. The lowest BCUT2D eigenvalue weighted by molar-refractivity contribution is 0.0952. The third-order valence-corrected chi connectivity index (χ3v) is 5.86. The molecule has 0 radical (unpaired) electrons. The Balaban J connectivity index is 2.40. The minimum atomic E-state index is -3.75. The first kappa shape index (κ1) is 19.9. The van der Waals surface area contributed by atoms with Crippen molar-refractivity contribution >= 4 is 15.9 Å². The number of hydrogen-bond acceptors (Lipinski definition) is 4. The maximum Gasteiger partial charge on any atom is 0.255 e. The summed E-state index contributed by atoms with van der Waals surface area (Å²) < 4.78 is 32.7. The van der Waals surface area contributed by atoms with E-state index in [9.17, 15) is 13.2 Å². The fraction of sp³-hybridized carbons (Fsp3) is 0.316. The zero-order chi connectivity index (χ0) is 19.2. The number of nitrogens with zero attached hydrogens (tertiary/aromatic N) is 1. The third-order valence-electron chi connectivity index (χ3n) is 3.95. The first-order valence-electron chi connectivity index (χ1n) is 8.44. The van der Waals surface area contributed by atoms with E-state index in [1.165, 1.54) is 29.6 Å². The van der Waals surface area contributed by atoms with Crippen LogP contribution in [0.25, 0.3) is 0 Å². The molecule has 0 aliphatic carbocycles. The molecular weight excluding hydrogens is 352 g/mol. The van der Waals surface area contributed by atoms with Gasteiger partial charge >= 0.3 is 0 Å². The van der Waals surface area contributed by atoms with Crippen molar-refractivity contribution in [3.8, 4) is 5.75 Å². The highest BCUT2D eigenvalue weighted by atomic mass is 32.2. The summed E-state index contributed by atoms with van der Waals surface area (Å²) >= 11 is 0. The van der Waals surface area contributed by atoms with Gasteiger partial charge in [-0.3, -0.25) is 4.79 Å². The van der Waals surface area contributed by atoms with Crippen LogP contribution in [0, 0.1) is 0 Å². The Morgan fingerprint density at radius 1 is 1.12 bits per heavy atom. The number of sulfonamides is 1. The average molecular weight is 376 g/mol. The highest BCUT2D eigenvalue weighted by molar-refractivity contribution is 7.89. The van der Waals surface area contributed by atoms with Crippen LogP contribution >= 0.6 is 0 Å². The fourth-order valence-electron chi connectivity index (χ4n) is 2.58. The second-order valence-electron chi connectivity index (χ2n) is 5.64. The number of benzene rings is 2. The molecule has 7 heteroatoms. The van der Waals surface area contributed by atoms with Gasteiger partial charge < -0.3 is 10.1 Å². The summed E-state index contributed by atoms with van der Waals surface area (Å²) in [4.78, 5) is 12.3. The maximum atomic E-state index is 13.1. The first-order chi connectivity index (χ1) is 12.4. The van der Waals surface area contributed by atoms with E-state index in [2.05, 4.69) is 5.32 Å². The Bertz CT molecular complexity index is 851. The molecule has 0 fully saturated rings. The average Bonchev–Trinajstić information content (AvgIpc) is 2.66. The minimum absolute atomic E-state index is 0.0670. The molecule has 0 aliphatic heterocycles. The molecule has 0 atom stereocenters. The highest BCUT2D eigenvalue weighted by Gasteiger charge is 2.25. The molecule has 0 aliphatic rings. The summed E-state index contributed by atoms with van der Waals surface area (Å²) in [6.45, 7) is 4.61. The lowest BCUT2D eigenvalue weighted by Gasteiger charge is -2.21. The van der Waals surface area contributed by atoms with Crippen molar-refractivity contribution in [1.29, 1.82) is 0 Å². The molecule has 6 nitrogen and oxygen atoms in total. The lowest BCUT2D eigenvalue weighted by Crippen LogP contribution is -2.31. The molecule has 0 bridgehead atoms. The number of nitrogens with one attached hydrogen (secondary N) is 1. The van der Waals surface area contributed by atoms with Crippen LogP contribution in [0.2, 0.25) is 0 Å². The predicted octanol–water partition coefficient (Wildman–Crippen LogP) is 2.66. The number of amides is 1. The van der Waals surface area contributed by atoms with Gasteiger partial charge in [-0.2, -0.15) is 4.31 Å². The van der Waals surface area contributed by atoms with Gasteiger partial charge in [0.15, 0.2) is 0 Å². The van der Waals surface area contributed by atoms with Crippen molar-refractivity contribution < 1.29 is 17.9 Å². The Morgan fingerprint density at radius 2 is 1.81 bits per heavy atom. The smallest absolute Gasteiger partial charge is 0.255 e. The summed E-state index contributed by atoms with van der Waals surface area (Å²) in [5.41, 5.74) is 1.10. The Morgan fingerprint density at radius 3 is 2.38 bits per heavy atom. The van der Waals surface area contributed by atoms with Crippen LogP contribution in [0.1, 0.15) is 29.8 Å². The summed E-state index contributed by atoms with van der Waals surface area (Å²) in [6.07, 6.45) is 0. The molecule has 2 aromatic carbocycles. The van der Waals surface area contributed by atoms with Crippen LogP contribution < -0.4 is 10.1 Å². The van der Waals surface area contributed by atoms with Crippen molar-refractivity contribution in [2.45, 2.75) is 25.3 Å². The summed E-state index contributed by atoms with van der Waals surface area (Å²) in [5.74, 6) is -0.0338. The van der Waals surface area contributed by atoms with Gasteiger partial charge in [0.2, 0.25) is 10.0 Å². The molecule has 140 valence electrons. The van der Waals surface area contributed by atoms with E-state index in [0.717, 1.165) is 5.56 Å². The molecule has 0 heterocycles. The van der Waals surface area contributed by atoms with Gasteiger partial charge in [0.25, 0.3) is 5.91 Å². The van der Waals surface area contributed by atoms with Gasteiger partial charge in [0.1, 0.15) is 5.75 Å². The molecule has 1 N–H and O–H groups in total. The molecule has 1 amide bonds. The minimum Gasteiger partial charge on any atom is -0.496 e. The lowest BCUT2D eigenvalue weighted by atomic mass is 10.2. The summed E-state index contributed by atoms with van der Waals surface area (Å²) in [5, 5.41) is 2.67. The second-order valence-corrected chi connectivity index (χ2v) is 7.58. The van der Waals surface area contributed by atoms with Crippen LogP contribution in [-0.4, -0.2) is 38.8 Å². The number of ether oxygens (including phenoxy) is 1. The van der Waals surface area contributed by atoms with Gasteiger partial charge in [-0.15, -0.1) is 0 Å². The maximum absolute atomic E-state index is 13.1. The van der Waals surface area contributed by atoms with E-state index in [1.807, 2.05) is 30.3 Å². The molecule has 26 heavy (non-hydrogen) atoms. The van der Waals surface area contributed by atoms with Crippen LogP contribution in [-0.2, 0) is 16.6 Å². The molecule has 2 rings (SSSR count). The van der Waals surface area contributed by atoms with Gasteiger partial charge in [0, 0.05) is 19.6 Å². The molecule has 2 aromatic rings. The normalized spacial score (nSPS) is 11.4. The van der Waals surface area contributed by atoms with E-state index in [4.69, 9.17) is 4.74 Å². The van der Waals surface area contributed by atoms with E-state index < -0.39 is 10.0 Å². The van der Waals surface area contributed by atoms with Gasteiger partial charge in [-0.1, -0.05) is 37.3 Å². The molecule has 0 unspecified atom stereocenters. The largest absolute Gasteiger partial charge is 0.496 e. The van der Waals surface area contributed by atoms with Crippen molar-refractivity contribution in [3.05, 3.63) is 59.7 Å². The summed E-state index contributed by atoms with van der Waals surface area (Å²) in [7, 11) is -2.30. The number of carbonyl (C=O) groups excluding carboxylic acids is 1. The Labute approximate surface area is 154 Å². The van der Waals surface area contributed by atoms with Gasteiger partial charge in [-0.25, -0.2) is 8.42 Å². The van der Waals surface area contributed by atoms with E-state index >= 15 is 0 Å². The van der Waals surface area contributed by atoms with E-state index in [-0.39, 0.29) is 22.9 Å². The Kier molecular flexibility index (Phi) is 6.76. The summed E-state index contributed by atoms with van der Waals surface area (Å²) in [6, 6.07) is 13.7. The molecule has 0 saturated carbocycles. The highest BCUT2D eigenvalue weighted by Crippen LogP contribution is 2.25. The van der Waals surface area contributed by atoms with Crippen molar-refractivity contribution in [2.75, 3.05) is 20.2 Å². The van der Waals surface area contributed by atoms with Gasteiger partial charge in [0.05, 0.1) is 17.6 Å². The first-order valence-corrected chi connectivity index (χ1v) is 9.88. The topological polar surface area (TPSA) is 75.7 Å². The second kappa shape index (κ2) is 8.82. The van der Waals surface area contributed by atoms with Crippen LogP contribution in [0.3, 0.4) is 0 Å². The van der Waals surface area contributed by atoms with E-state index in [1.54, 1.807) is 13.8 Å². The zero-order valence-corrected chi connectivity index (χ0v) is 16.0. The van der Waals surface area contributed by atoms with Crippen molar-refractivity contribution in [2.24, 2.45) is 0 Å². The number of methoxy groups -OCH3 is 1. The van der Waals surface area contributed by atoms with Crippen LogP contribution in [0.15, 0.2) is 53.4 Å². The molecule has 0 aromatic heterocycles. The molecule has 0 spiro atoms. The quantitative estimate of drug-likeness (QED) is 0.768. The monoisotopic (exact) mass is 376 g/mol. The van der Waals surface area contributed by atoms with E-state index in [0.29, 0.717) is 18.8 Å². The van der Waals surface area contributed by atoms with Crippen LogP contribution in [0.4, 0.5) is 0 Å². The molecule has 0 saturated heterocycles. The van der Waals surface area contributed by atoms with Gasteiger partial charge in [-0.05, 0) is 30.7 Å². The SMILES string of the molecule is CCNC(=O)c1cc(S(=O)(=O)N(CC)Cc2ccccc2)ccc1OC. The fourth-order valence-corrected chi connectivity index (χ4v) is 4.05. The Hall–Kier alpha value is -2.38. The number of rotatable bonds is 8. The standard InChI is InChI=1S/C19H24N2O4S/c1-4-20-19(22)17-13-16(11-12-18(17)25-3)26(23,24)21(5-2)14-15-9-7-6-8-10-15/h6-13H,4-5,14H2,1-3H3,(H,20,22). The number of carbonyl (C=O) groups is 1. The third kappa shape index (κ3) is 4.42. The van der Waals surface area contributed by atoms with Crippen LogP contribution in [0.5, 0.6) is 5.75 Å². The number of hydrogen-bond donors (Lipinski definition) is 1. The van der Waals surface area contributed by atoms with Crippen molar-refractivity contribution in [1.82, 2.24) is 9.62 Å². The predicted molar refractivity (Wildman–Crippen MR) is 101 cm³/mol.